The second-order valence-electron chi connectivity index (χ2n) is 4.66. The van der Waals surface area contributed by atoms with Crippen LogP contribution in [0.3, 0.4) is 0 Å². The highest BCUT2D eigenvalue weighted by Crippen LogP contribution is 2.38. The molecule has 0 fully saturated rings. The molecule has 0 aliphatic carbocycles. The van der Waals surface area contributed by atoms with E-state index in [0.29, 0.717) is 10.0 Å². The second kappa shape index (κ2) is 5.14. The highest BCUT2D eigenvalue weighted by atomic mass is 32.1. The van der Waals surface area contributed by atoms with Crippen molar-refractivity contribution in [3.8, 4) is 5.88 Å². The minimum absolute atomic E-state index is 0.0894. The molecule has 3 rings (SSSR count). The minimum atomic E-state index is -0.216. The number of amides is 1. The number of hydrogen-bond donors (Lipinski definition) is 2. The number of fused-ring (bicyclic) bond motifs is 1. The number of nitrogens with one attached hydrogen (secondary N) is 1. The molecule has 2 heterocycles. The summed E-state index contributed by atoms with van der Waals surface area (Å²) < 4.78 is 0. The fourth-order valence-corrected chi connectivity index (χ4v) is 3.02. The number of thiazole rings is 1. The van der Waals surface area contributed by atoms with Crippen LogP contribution in [-0.2, 0) is 4.79 Å². The number of rotatable bonds is 2. The summed E-state index contributed by atoms with van der Waals surface area (Å²) in [5.74, 6) is -0.305. The summed E-state index contributed by atoms with van der Waals surface area (Å²) in [7, 11) is 0. The van der Waals surface area contributed by atoms with Crippen molar-refractivity contribution in [2.75, 3.05) is 5.32 Å². The lowest BCUT2D eigenvalue weighted by Crippen LogP contribution is -2.04. The van der Waals surface area contributed by atoms with Gasteiger partial charge in [0.25, 0.3) is 0 Å². The van der Waals surface area contributed by atoms with Gasteiger partial charge in [0.1, 0.15) is 0 Å². The fourth-order valence-electron chi connectivity index (χ4n) is 2.17. The van der Waals surface area contributed by atoms with E-state index in [1.165, 1.54) is 18.3 Å². The first-order valence-corrected chi connectivity index (χ1v) is 7.20. The molecule has 5 nitrogen and oxygen atoms in total. The SMILES string of the molecule is CC(=O)Nc1nc(O)c(/C=C2\C(C)=Nc3ccccc32)s1. The maximum absolute atomic E-state index is 11.0. The monoisotopic (exact) mass is 299 g/mol. The van der Waals surface area contributed by atoms with Crippen molar-refractivity contribution in [2.45, 2.75) is 13.8 Å². The number of aromatic nitrogens is 1. The topological polar surface area (TPSA) is 74.6 Å². The Balaban J connectivity index is 2.01. The number of aliphatic imine (C=N–C) groups is 1. The lowest BCUT2D eigenvalue weighted by Gasteiger charge is -2.00. The Kier molecular flexibility index (Phi) is 3.31. The lowest BCUT2D eigenvalue weighted by atomic mass is 10.0. The summed E-state index contributed by atoms with van der Waals surface area (Å²) in [4.78, 5) is 20.1. The van der Waals surface area contributed by atoms with Crippen molar-refractivity contribution in [2.24, 2.45) is 4.99 Å². The predicted molar refractivity (Wildman–Crippen MR) is 85.2 cm³/mol. The average Bonchev–Trinajstić information content (AvgIpc) is 2.91. The molecule has 0 atom stereocenters. The number of allylic oxidation sites excluding steroid dienone is 1. The second-order valence-corrected chi connectivity index (χ2v) is 5.69. The molecule has 1 aliphatic rings. The largest absolute Gasteiger partial charge is 0.492 e. The molecule has 0 spiro atoms. The van der Waals surface area contributed by atoms with Crippen LogP contribution >= 0.6 is 11.3 Å². The van der Waals surface area contributed by atoms with Crippen LogP contribution in [0, 0.1) is 0 Å². The first kappa shape index (κ1) is 13.5. The molecule has 21 heavy (non-hydrogen) atoms. The standard InChI is InChI=1S/C15H13N3O2S/c1-8-11(10-5-3-4-6-12(10)16-8)7-13-14(20)18-15(21-13)17-9(2)19/h3-7,20H,1-2H3,(H,17,18,19)/b11-7+. The van der Waals surface area contributed by atoms with E-state index >= 15 is 0 Å². The third kappa shape index (κ3) is 2.57. The van der Waals surface area contributed by atoms with Gasteiger partial charge in [-0.2, -0.15) is 4.98 Å². The van der Waals surface area contributed by atoms with Gasteiger partial charge >= 0.3 is 0 Å². The third-order valence-electron chi connectivity index (χ3n) is 3.07. The van der Waals surface area contributed by atoms with Gasteiger partial charge in [0.2, 0.25) is 11.8 Å². The Hall–Kier alpha value is -2.47. The molecule has 6 heteroatoms. The third-order valence-corrected chi connectivity index (χ3v) is 3.97. The molecule has 1 aromatic heterocycles. The van der Waals surface area contributed by atoms with E-state index in [0.717, 1.165) is 22.5 Å². The molecule has 0 radical (unpaired) electrons. The maximum atomic E-state index is 11.0. The van der Waals surface area contributed by atoms with Crippen LogP contribution in [0.15, 0.2) is 29.3 Å². The van der Waals surface area contributed by atoms with Crippen LogP contribution < -0.4 is 5.32 Å². The smallest absolute Gasteiger partial charge is 0.231 e. The van der Waals surface area contributed by atoms with Gasteiger partial charge in [0, 0.05) is 23.8 Å². The van der Waals surface area contributed by atoms with Gasteiger partial charge in [-0.25, -0.2) is 0 Å². The van der Waals surface area contributed by atoms with Crippen LogP contribution in [0.25, 0.3) is 11.6 Å². The van der Waals surface area contributed by atoms with Crippen molar-refractivity contribution >= 4 is 45.4 Å². The summed E-state index contributed by atoms with van der Waals surface area (Å²) >= 11 is 1.23. The Morgan fingerprint density at radius 3 is 2.90 bits per heavy atom. The van der Waals surface area contributed by atoms with Gasteiger partial charge in [0.15, 0.2) is 5.13 Å². The Labute approximate surface area is 125 Å². The zero-order valence-corrected chi connectivity index (χ0v) is 12.4. The van der Waals surface area contributed by atoms with Gasteiger partial charge in [-0.05, 0) is 19.1 Å². The molecule has 106 valence electrons. The Bertz CT molecular complexity index is 790. The van der Waals surface area contributed by atoms with Crippen LogP contribution in [0.1, 0.15) is 24.3 Å². The Morgan fingerprint density at radius 1 is 1.38 bits per heavy atom. The van der Waals surface area contributed by atoms with Crippen molar-refractivity contribution in [1.82, 2.24) is 4.98 Å². The molecular formula is C15H13N3O2S. The van der Waals surface area contributed by atoms with E-state index in [9.17, 15) is 9.90 Å². The first-order valence-electron chi connectivity index (χ1n) is 6.39. The van der Waals surface area contributed by atoms with Crippen LogP contribution in [-0.4, -0.2) is 21.7 Å². The summed E-state index contributed by atoms with van der Waals surface area (Å²) in [6, 6.07) is 7.84. The molecule has 2 N–H and O–H groups in total. The number of carbonyl (C=O) groups is 1. The lowest BCUT2D eigenvalue weighted by molar-refractivity contribution is -0.114. The molecular weight excluding hydrogens is 286 g/mol. The molecule has 1 aromatic carbocycles. The number of para-hydroxylation sites is 1. The summed E-state index contributed by atoms with van der Waals surface area (Å²) in [6.45, 7) is 3.33. The van der Waals surface area contributed by atoms with Gasteiger partial charge in [-0.15, -0.1) is 0 Å². The molecule has 0 bridgehead atoms. The van der Waals surface area contributed by atoms with Crippen LogP contribution in [0.2, 0.25) is 0 Å². The van der Waals surface area contributed by atoms with E-state index in [1.54, 1.807) is 0 Å². The van der Waals surface area contributed by atoms with Crippen molar-refractivity contribution in [3.63, 3.8) is 0 Å². The van der Waals surface area contributed by atoms with E-state index in [-0.39, 0.29) is 11.8 Å². The van der Waals surface area contributed by atoms with E-state index < -0.39 is 0 Å². The molecule has 2 aromatic rings. The van der Waals surface area contributed by atoms with Gasteiger partial charge in [-0.3, -0.25) is 9.79 Å². The number of hydrogen-bond acceptors (Lipinski definition) is 5. The number of carbonyl (C=O) groups excluding carboxylic acids is 1. The van der Waals surface area contributed by atoms with E-state index in [2.05, 4.69) is 15.3 Å². The molecule has 1 aliphatic heterocycles. The molecule has 0 saturated heterocycles. The Morgan fingerprint density at radius 2 is 2.14 bits per heavy atom. The number of anilines is 1. The summed E-state index contributed by atoms with van der Waals surface area (Å²) in [6.07, 6.45) is 1.85. The van der Waals surface area contributed by atoms with Gasteiger partial charge < -0.3 is 10.4 Å². The highest BCUT2D eigenvalue weighted by molar-refractivity contribution is 7.17. The van der Waals surface area contributed by atoms with Crippen molar-refractivity contribution < 1.29 is 9.90 Å². The number of nitrogens with zero attached hydrogens (tertiary/aromatic N) is 2. The average molecular weight is 299 g/mol. The summed E-state index contributed by atoms with van der Waals surface area (Å²) in [5.41, 5.74) is 3.81. The van der Waals surface area contributed by atoms with Gasteiger partial charge in [-0.1, -0.05) is 29.5 Å². The molecule has 1 amide bonds. The number of benzene rings is 1. The normalized spacial score (nSPS) is 15.0. The molecule has 0 unspecified atom stereocenters. The van der Waals surface area contributed by atoms with Gasteiger partial charge in [0.05, 0.1) is 10.6 Å². The van der Waals surface area contributed by atoms with Crippen molar-refractivity contribution in [1.29, 1.82) is 0 Å². The zero-order valence-electron chi connectivity index (χ0n) is 11.5. The zero-order chi connectivity index (χ0) is 15.0. The van der Waals surface area contributed by atoms with Crippen molar-refractivity contribution in [3.05, 3.63) is 34.7 Å². The predicted octanol–water partition coefficient (Wildman–Crippen LogP) is 3.45. The maximum Gasteiger partial charge on any atom is 0.231 e. The van der Waals surface area contributed by atoms with Crippen LogP contribution in [0.4, 0.5) is 10.8 Å². The first-order chi connectivity index (χ1) is 10.0. The van der Waals surface area contributed by atoms with Crippen LogP contribution in [0.5, 0.6) is 5.88 Å². The molecule has 0 saturated carbocycles. The highest BCUT2D eigenvalue weighted by Gasteiger charge is 2.18. The fraction of sp³-hybridized carbons (Fsp3) is 0.133. The quantitative estimate of drug-likeness (QED) is 0.891. The summed E-state index contributed by atoms with van der Waals surface area (Å²) in [5, 5.41) is 12.9. The minimum Gasteiger partial charge on any atom is -0.492 e. The van der Waals surface area contributed by atoms with E-state index in [1.807, 2.05) is 37.3 Å². The van der Waals surface area contributed by atoms with E-state index in [4.69, 9.17) is 0 Å². The number of aromatic hydroxyl groups is 1.